The van der Waals surface area contributed by atoms with Crippen LogP contribution in [0.3, 0.4) is 0 Å². The van der Waals surface area contributed by atoms with Gasteiger partial charge in [-0.15, -0.1) is 11.8 Å². The Hall–Kier alpha value is -2.05. The highest BCUT2D eigenvalue weighted by Crippen LogP contribution is 2.44. The van der Waals surface area contributed by atoms with Gasteiger partial charge < -0.3 is 9.64 Å². The molecule has 0 saturated carbocycles. The maximum absolute atomic E-state index is 13.2. The van der Waals surface area contributed by atoms with E-state index in [4.69, 9.17) is 16.3 Å². The van der Waals surface area contributed by atoms with Crippen molar-refractivity contribution in [1.82, 2.24) is 4.90 Å². The number of benzene rings is 2. The number of ether oxygens (including phenoxy) is 1. The summed E-state index contributed by atoms with van der Waals surface area (Å²) in [4.78, 5) is 27.2. The van der Waals surface area contributed by atoms with E-state index in [-0.39, 0.29) is 5.91 Å². The van der Waals surface area contributed by atoms with Gasteiger partial charge in [0.1, 0.15) is 17.2 Å². The maximum Gasteiger partial charge on any atom is 0.329 e. The fraction of sp³-hybridized carbons (Fsp3) is 0.300. The van der Waals surface area contributed by atoms with Gasteiger partial charge in [0, 0.05) is 21.9 Å². The quantitative estimate of drug-likeness (QED) is 0.674. The summed E-state index contributed by atoms with van der Waals surface area (Å²) >= 11 is 7.79. The molecule has 1 aliphatic heterocycles. The average Bonchev–Trinajstić information content (AvgIpc) is 3.11. The van der Waals surface area contributed by atoms with Gasteiger partial charge >= 0.3 is 5.97 Å². The average molecular weight is 408 g/mol. The summed E-state index contributed by atoms with van der Waals surface area (Å²) in [5, 5.41) is 0.102. The van der Waals surface area contributed by atoms with E-state index in [1.165, 1.54) is 40.9 Å². The number of hydrogen-bond donors (Lipinski definition) is 0. The smallest absolute Gasteiger partial charge is 0.329 e. The van der Waals surface area contributed by atoms with Crippen LogP contribution in [-0.4, -0.2) is 35.2 Å². The van der Waals surface area contributed by atoms with Gasteiger partial charge in [0.25, 0.3) is 5.91 Å². The van der Waals surface area contributed by atoms with Crippen molar-refractivity contribution in [2.75, 3.05) is 12.4 Å². The van der Waals surface area contributed by atoms with Crippen molar-refractivity contribution in [3.63, 3.8) is 0 Å². The van der Waals surface area contributed by atoms with E-state index in [2.05, 4.69) is 0 Å². The molecule has 0 radical (unpaired) electrons. The first-order chi connectivity index (χ1) is 13.0. The van der Waals surface area contributed by atoms with E-state index in [0.717, 1.165) is 5.56 Å². The van der Waals surface area contributed by atoms with Gasteiger partial charge in [0.15, 0.2) is 0 Å². The Balaban J connectivity index is 1.96. The number of rotatable bonds is 5. The minimum Gasteiger partial charge on any atom is -0.464 e. The Bertz CT molecular complexity index is 830. The first-order valence-electron chi connectivity index (χ1n) is 8.63. The third-order valence-corrected chi connectivity index (χ3v) is 5.87. The van der Waals surface area contributed by atoms with Gasteiger partial charge in [0.2, 0.25) is 0 Å². The number of amides is 1. The van der Waals surface area contributed by atoms with Crippen LogP contribution in [0.25, 0.3) is 0 Å². The molecule has 2 aromatic rings. The van der Waals surface area contributed by atoms with Crippen LogP contribution in [0, 0.1) is 5.82 Å². The van der Waals surface area contributed by atoms with Crippen LogP contribution in [-0.2, 0) is 9.53 Å². The van der Waals surface area contributed by atoms with Crippen molar-refractivity contribution in [3.8, 4) is 0 Å². The second kappa shape index (κ2) is 8.76. The predicted octanol–water partition coefficient (Wildman–Crippen LogP) is 4.69. The van der Waals surface area contributed by atoms with Crippen molar-refractivity contribution >= 4 is 35.2 Å². The van der Waals surface area contributed by atoms with Gasteiger partial charge in [-0.1, -0.05) is 36.7 Å². The first-order valence-corrected chi connectivity index (χ1v) is 10.1. The lowest BCUT2D eigenvalue weighted by atomic mass is 10.1. The normalized spacial score (nSPS) is 19.1. The summed E-state index contributed by atoms with van der Waals surface area (Å²) in [5.74, 6) is -0.813. The van der Waals surface area contributed by atoms with Crippen LogP contribution >= 0.6 is 23.4 Å². The molecule has 0 spiro atoms. The zero-order chi connectivity index (χ0) is 19.4. The zero-order valence-corrected chi connectivity index (χ0v) is 16.3. The Kier molecular flexibility index (Phi) is 6.39. The number of halogens is 2. The molecule has 0 aromatic heterocycles. The molecule has 1 heterocycles. The molecular weight excluding hydrogens is 389 g/mol. The lowest BCUT2D eigenvalue weighted by molar-refractivity contribution is -0.148. The van der Waals surface area contributed by atoms with E-state index in [0.29, 0.717) is 29.4 Å². The number of nitrogens with zero attached hydrogens (tertiary/aromatic N) is 1. The Morgan fingerprint density at radius 2 is 1.93 bits per heavy atom. The minimum absolute atomic E-state index is 0.301. The fourth-order valence-electron chi connectivity index (χ4n) is 2.89. The van der Waals surface area contributed by atoms with Crippen molar-refractivity contribution in [2.24, 2.45) is 0 Å². The second-order valence-corrected chi connectivity index (χ2v) is 7.63. The molecule has 27 heavy (non-hydrogen) atoms. The molecule has 7 heteroatoms. The largest absolute Gasteiger partial charge is 0.464 e. The van der Waals surface area contributed by atoms with Gasteiger partial charge in [-0.05, 0) is 36.8 Å². The SMILES string of the molecule is CCCOC(=O)C1CSC(c2ccccc2Cl)N1C(=O)c1ccc(F)cc1. The van der Waals surface area contributed by atoms with Crippen molar-refractivity contribution in [2.45, 2.75) is 24.8 Å². The first kappa shape index (κ1) is 19.7. The highest BCUT2D eigenvalue weighted by Gasteiger charge is 2.44. The van der Waals surface area contributed by atoms with Crippen LogP contribution in [0.4, 0.5) is 4.39 Å². The zero-order valence-electron chi connectivity index (χ0n) is 14.7. The standard InChI is InChI=1S/C20H19ClFNO3S/c1-2-11-26-20(25)17-12-27-19(15-5-3-4-6-16(15)21)23(17)18(24)13-7-9-14(22)10-8-13/h3-10,17,19H,2,11-12H2,1H3. The molecule has 2 atom stereocenters. The van der Waals surface area contributed by atoms with Crippen LogP contribution < -0.4 is 0 Å². The summed E-state index contributed by atoms with van der Waals surface area (Å²) in [5.41, 5.74) is 1.06. The molecule has 4 nitrogen and oxygen atoms in total. The molecule has 1 saturated heterocycles. The van der Waals surface area contributed by atoms with Crippen LogP contribution in [0.1, 0.15) is 34.6 Å². The van der Waals surface area contributed by atoms with Gasteiger partial charge in [-0.25, -0.2) is 9.18 Å². The molecule has 142 valence electrons. The maximum atomic E-state index is 13.2. The second-order valence-electron chi connectivity index (χ2n) is 6.11. The monoisotopic (exact) mass is 407 g/mol. The van der Waals surface area contributed by atoms with Crippen molar-refractivity contribution in [1.29, 1.82) is 0 Å². The van der Waals surface area contributed by atoms with Crippen molar-refractivity contribution in [3.05, 3.63) is 70.5 Å². The fourth-order valence-corrected chi connectivity index (χ4v) is 4.64. The Morgan fingerprint density at radius 3 is 2.59 bits per heavy atom. The topological polar surface area (TPSA) is 46.6 Å². The molecule has 0 aliphatic carbocycles. The molecule has 1 amide bonds. The number of carbonyl (C=O) groups is 2. The van der Waals surface area contributed by atoms with E-state index >= 15 is 0 Å². The number of carbonyl (C=O) groups excluding carboxylic acids is 2. The molecule has 0 N–H and O–H groups in total. The van der Waals surface area contributed by atoms with E-state index in [9.17, 15) is 14.0 Å². The van der Waals surface area contributed by atoms with E-state index < -0.39 is 23.2 Å². The number of thioether (sulfide) groups is 1. The summed E-state index contributed by atoms with van der Waals surface area (Å²) < 4.78 is 18.5. The van der Waals surface area contributed by atoms with Gasteiger partial charge in [-0.3, -0.25) is 4.79 Å². The molecule has 0 bridgehead atoms. The van der Waals surface area contributed by atoms with Crippen molar-refractivity contribution < 1.29 is 18.7 Å². The van der Waals surface area contributed by atoms with Crippen LogP contribution in [0.2, 0.25) is 5.02 Å². The van der Waals surface area contributed by atoms with Crippen LogP contribution in [0.15, 0.2) is 48.5 Å². The highest BCUT2D eigenvalue weighted by atomic mass is 35.5. The van der Waals surface area contributed by atoms with Gasteiger partial charge in [-0.2, -0.15) is 0 Å². The molecule has 2 unspecified atom stereocenters. The summed E-state index contributed by atoms with van der Waals surface area (Å²) in [6.45, 7) is 2.21. The Morgan fingerprint density at radius 1 is 1.22 bits per heavy atom. The number of esters is 1. The van der Waals surface area contributed by atoms with E-state index in [1.54, 1.807) is 6.07 Å². The van der Waals surface area contributed by atoms with E-state index in [1.807, 2.05) is 25.1 Å². The van der Waals surface area contributed by atoms with Crippen LogP contribution in [0.5, 0.6) is 0 Å². The summed E-state index contributed by atoms with van der Waals surface area (Å²) in [7, 11) is 0. The molecule has 3 rings (SSSR count). The highest BCUT2D eigenvalue weighted by molar-refractivity contribution is 7.99. The molecule has 1 fully saturated rings. The molecule has 2 aromatic carbocycles. The molecular formula is C20H19ClFNO3S. The molecule has 1 aliphatic rings. The number of hydrogen-bond acceptors (Lipinski definition) is 4. The predicted molar refractivity (Wildman–Crippen MR) is 104 cm³/mol. The van der Waals surface area contributed by atoms with Gasteiger partial charge in [0.05, 0.1) is 6.61 Å². The summed E-state index contributed by atoms with van der Waals surface area (Å²) in [6, 6.07) is 11.8. The lowest BCUT2D eigenvalue weighted by Crippen LogP contribution is -2.44. The minimum atomic E-state index is -0.722. The Labute approximate surface area is 166 Å². The lowest BCUT2D eigenvalue weighted by Gasteiger charge is -2.29. The third kappa shape index (κ3) is 4.28. The third-order valence-electron chi connectivity index (χ3n) is 4.22. The summed E-state index contributed by atoms with van der Waals surface area (Å²) in [6.07, 6.45) is 0.700.